The van der Waals surface area contributed by atoms with Crippen molar-refractivity contribution in [2.75, 3.05) is 0 Å². The minimum atomic E-state index is -0.654. The van der Waals surface area contributed by atoms with Crippen LogP contribution in [0.5, 0.6) is 0 Å². The highest BCUT2D eigenvalue weighted by Gasteiger charge is 2.16. The Morgan fingerprint density at radius 2 is 2.04 bits per heavy atom. The average Bonchev–Trinajstić information content (AvgIpc) is 3.38. The summed E-state index contributed by atoms with van der Waals surface area (Å²) in [5.74, 6) is 1.88. The molecule has 0 aliphatic heterocycles. The highest BCUT2D eigenvalue weighted by molar-refractivity contribution is 7.13. The standard InChI is InChI=1S/C21H25N5OS/c1-4-26-17-13-15(7-8-21(2,3)27)5-6-16(17)24-18(26)14-25-11-9-22-19(25)20-23-10-12-28-20/h5-6,9-13,27H,4,7-8,14H2,1-3H3. The van der Waals surface area contributed by atoms with Crippen LogP contribution in [0.2, 0.25) is 0 Å². The smallest absolute Gasteiger partial charge is 0.169 e. The first-order valence-electron chi connectivity index (χ1n) is 9.56. The van der Waals surface area contributed by atoms with E-state index in [2.05, 4.69) is 44.2 Å². The van der Waals surface area contributed by atoms with Gasteiger partial charge in [0.1, 0.15) is 5.82 Å². The zero-order valence-corrected chi connectivity index (χ0v) is 17.3. The van der Waals surface area contributed by atoms with E-state index in [1.54, 1.807) is 17.5 Å². The molecule has 1 N–H and O–H groups in total. The van der Waals surface area contributed by atoms with Crippen LogP contribution in [0.15, 0.2) is 42.2 Å². The Kier molecular flexibility index (Phi) is 5.03. The van der Waals surface area contributed by atoms with E-state index in [0.717, 1.165) is 47.1 Å². The number of aromatic nitrogens is 5. The Balaban J connectivity index is 1.66. The summed E-state index contributed by atoms with van der Waals surface area (Å²) in [4.78, 5) is 13.7. The first-order valence-corrected chi connectivity index (χ1v) is 10.4. The van der Waals surface area contributed by atoms with E-state index in [1.807, 2.05) is 31.6 Å². The summed E-state index contributed by atoms with van der Waals surface area (Å²) in [6, 6.07) is 6.40. The van der Waals surface area contributed by atoms with E-state index in [-0.39, 0.29) is 0 Å². The molecule has 0 bridgehead atoms. The molecule has 0 saturated heterocycles. The first-order chi connectivity index (χ1) is 13.4. The van der Waals surface area contributed by atoms with Crippen LogP contribution in [0.4, 0.5) is 0 Å². The molecule has 0 aliphatic carbocycles. The summed E-state index contributed by atoms with van der Waals surface area (Å²) in [7, 11) is 0. The Morgan fingerprint density at radius 3 is 2.75 bits per heavy atom. The van der Waals surface area contributed by atoms with Crippen molar-refractivity contribution in [2.45, 2.75) is 52.3 Å². The van der Waals surface area contributed by atoms with Crippen molar-refractivity contribution in [1.29, 1.82) is 0 Å². The predicted octanol–water partition coefficient (Wildman–Crippen LogP) is 4.13. The maximum absolute atomic E-state index is 10.0. The fourth-order valence-corrected chi connectivity index (χ4v) is 4.07. The third-order valence-corrected chi connectivity index (χ3v) is 5.65. The van der Waals surface area contributed by atoms with Crippen molar-refractivity contribution >= 4 is 22.4 Å². The molecule has 0 saturated carbocycles. The number of rotatable bonds is 7. The second-order valence-electron chi connectivity index (χ2n) is 7.62. The SMILES string of the molecule is CCn1c(Cn2ccnc2-c2nccs2)nc2ccc(CCC(C)(C)O)cc21. The number of aliphatic hydroxyl groups is 1. The maximum Gasteiger partial charge on any atom is 0.169 e. The summed E-state index contributed by atoms with van der Waals surface area (Å²) in [6.07, 6.45) is 7.17. The summed E-state index contributed by atoms with van der Waals surface area (Å²) in [5, 5.41) is 12.9. The van der Waals surface area contributed by atoms with Gasteiger partial charge >= 0.3 is 0 Å². The van der Waals surface area contributed by atoms with E-state index in [1.165, 1.54) is 5.56 Å². The van der Waals surface area contributed by atoms with Crippen LogP contribution in [0.1, 0.15) is 38.6 Å². The van der Waals surface area contributed by atoms with Crippen molar-refractivity contribution < 1.29 is 5.11 Å². The molecule has 6 nitrogen and oxygen atoms in total. The van der Waals surface area contributed by atoms with Gasteiger partial charge in [-0.2, -0.15) is 0 Å². The zero-order valence-electron chi connectivity index (χ0n) is 16.5. The minimum absolute atomic E-state index is 0.649. The molecule has 4 aromatic rings. The molecule has 4 rings (SSSR count). The number of benzene rings is 1. The van der Waals surface area contributed by atoms with Crippen molar-refractivity contribution in [3.63, 3.8) is 0 Å². The van der Waals surface area contributed by atoms with E-state index in [0.29, 0.717) is 6.54 Å². The quantitative estimate of drug-likeness (QED) is 0.511. The highest BCUT2D eigenvalue weighted by Crippen LogP contribution is 2.24. The van der Waals surface area contributed by atoms with Crippen molar-refractivity contribution in [1.82, 2.24) is 24.1 Å². The molecule has 28 heavy (non-hydrogen) atoms. The van der Waals surface area contributed by atoms with E-state index in [4.69, 9.17) is 4.98 Å². The number of thiazole rings is 1. The van der Waals surface area contributed by atoms with Crippen LogP contribution < -0.4 is 0 Å². The topological polar surface area (TPSA) is 68.8 Å². The number of nitrogens with zero attached hydrogens (tertiary/aromatic N) is 5. The van der Waals surface area contributed by atoms with Crippen molar-refractivity contribution in [3.05, 3.63) is 53.6 Å². The van der Waals surface area contributed by atoms with Crippen molar-refractivity contribution in [2.24, 2.45) is 0 Å². The molecule has 0 aliphatic rings. The highest BCUT2D eigenvalue weighted by atomic mass is 32.1. The number of aryl methyl sites for hydroxylation is 2. The molecule has 0 radical (unpaired) electrons. The Hall–Kier alpha value is -2.51. The van der Waals surface area contributed by atoms with Crippen LogP contribution >= 0.6 is 11.3 Å². The normalized spacial score (nSPS) is 12.1. The van der Waals surface area contributed by atoms with Gasteiger partial charge in [0.25, 0.3) is 0 Å². The fourth-order valence-electron chi connectivity index (χ4n) is 3.42. The molecule has 0 amide bonds. The maximum atomic E-state index is 10.0. The lowest BCUT2D eigenvalue weighted by Crippen LogP contribution is -2.19. The third-order valence-electron chi connectivity index (χ3n) is 4.88. The number of imidazole rings is 2. The molecule has 0 spiro atoms. The van der Waals surface area contributed by atoms with Crippen molar-refractivity contribution in [3.8, 4) is 10.8 Å². The number of hydrogen-bond donors (Lipinski definition) is 1. The summed E-state index contributed by atoms with van der Waals surface area (Å²) in [6.45, 7) is 7.35. The molecule has 1 aromatic carbocycles. The summed E-state index contributed by atoms with van der Waals surface area (Å²) in [5.41, 5.74) is 2.71. The van der Waals surface area contributed by atoms with E-state index in [9.17, 15) is 5.11 Å². The summed E-state index contributed by atoms with van der Waals surface area (Å²) >= 11 is 1.59. The Bertz CT molecular complexity index is 1070. The Labute approximate surface area is 168 Å². The summed E-state index contributed by atoms with van der Waals surface area (Å²) < 4.78 is 4.36. The lowest BCUT2D eigenvalue weighted by atomic mass is 9.99. The lowest BCUT2D eigenvalue weighted by Gasteiger charge is -2.16. The van der Waals surface area contributed by atoms with Crippen LogP contribution in [0.3, 0.4) is 0 Å². The van der Waals surface area contributed by atoms with Crippen LogP contribution in [-0.4, -0.2) is 34.8 Å². The second kappa shape index (κ2) is 7.48. The zero-order chi connectivity index (χ0) is 19.7. The average molecular weight is 396 g/mol. The number of fused-ring (bicyclic) bond motifs is 1. The van der Waals surface area contributed by atoms with E-state index < -0.39 is 5.60 Å². The molecule has 3 heterocycles. The lowest BCUT2D eigenvalue weighted by molar-refractivity contribution is 0.0714. The molecule has 146 valence electrons. The second-order valence-corrected chi connectivity index (χ2v) is 8.52. The monoisotopic (exact) mass is 395 g/mol. The Morgan fingerprint density at radius 1 is 1.18 bits per heavy atom. The largest absolute Gasteiger partial charge is 0.390 e. The van der Waals surface area contributed by atoms with Gasteiger partial charge in [-0.15, -0.1) is 11.3 Å². The van der Waals surface area contributed by atoms with Gasteiger partial charge in [-0.3, -0.25) is 0 Å². The molecule has 7 heteroatoms. The van der Waals surface area contributed by atoms with Crippen LogP contribution in [-0.2, 0) is 19.5 Å². The molecular formula is C21H25N5OS. The minimum Gasteiger partial charge on any atom is -0.390 e. The predicted molar refractivity (Wildman–Crippen MR) is 112 cm³/mol. The van der Waals surface area contributed by atoms with Gasteiger partial charge in [0, 0.05) is 30.5 Å². The van der Waals surface area contributed by atoms with Gasteiger partial charge in [0.05, 0.1) is 23.2 Å². The molecular weight excluding hydrogens is 370 g/mol. The molecule has 0 atom stereocenters. The fraction of sp³-hybridized carbons (Fsp3) is 0.381. The van der Waals surface area contributed by atoms with Crippen LogP contribution in [0, 0.1) is 0 Å². The van der Waals surface area contributed by atoms with Gasteiger partial charge in [0.15, 0.2) is 10.8 Å². The van der Waals surface area contributed by atoms with Gasteiger partial charge in [-0.25, -0.2) is 15.0 Å². The molecule has 0 fully saturated rings. The molecule has 3 aromatic heterocycles. The third kappa shape index (κ3) is 3.86. The molecule has 0 unspecified atom stereocenters. The van der Waals surface area contributed by atoms with Gasteiger partial charge in [-0.1, -0.05) is 6.07 Å². The number of hydrogen-bond acceptors (Lipinski definition) is 5. The van der Waals surface area contributed by atoms with Gasteiger partial charge in [-0.05, 0) is 51.3 Å². The van der Waals surface area contributed by atoms with E-state index >= 15 is 0 Å². The van der Waals surface area contributed by atoms with Gasteiger partial charge < -0.3 is 14.2 Å². The first kappa shape index (κ1) is 18.8. The van der Waals surface area contributed by atoms with Gasteiger partial charge in [0.2, 0.25) is 0 Å². The van der Waals surface area contributed by atoms with Crippen LogP contribution in [0.25, 0.3) is 21.9 Å².